The summed E-state index contributed by atoms with van der Waals surface area (Å²) in [6.07, 6.45) is 1.25. The van der Waals surface area contributed by atoms with Gasteiger partial charge in [-0.15, -0.1) is 0 Å². The van der Waals surface area contributed by atoms with Crippen molar-refractivity contribution >= 4 is 5.97 Å². The summed E-state index contributed by atoms with van der Waals surface area (Å²) in [6.45, 7) is 9.59. The van der Waals surface area contributed by atoms with Gasteiger partial charge >= 0.3 is 5.97 Å². The summed E-state index contributed by atoms with van der Waals surface area (Å²) in [4.78, 5) is 13.0. The highest BCUT2D eigenvalue weighted by Crippen LogP contribution is 2.05. The van der Waals surface area contributed by atoms with Gasteiger partial charge in [-0.2, -0.15) is 0 Å². The molecule has 0 aromatic heterocycles. The fourth-order valence-corrected chi connectivity index (χ4v) is 2.15. The second-order valence-electron chi connectivity index (χ2n) is 4.94. The lowest BCUT2D eigenvalue weighted by molar-refractivity contribution is -0.136. The standard InChI is InChI=1S/C16H26N2O2/c1-3-18(4-2)11-5-10-17-13-15-8-6-14(7-9-15)12-16(19)20/h6-9,17H,3-5,10-13H2,1-2H3,(H,19,20). The van der Waals surface area contributed by atoms with Gasteiger partial charge < -0.3 is 15.3 Å². The zero-order chi connectivity index (χ0) is 14.8. The first-order chi connectivity index (χ1) is 9.65. The Bertz CT molecular complexity index is 386. The molecule has 1 aromatic carbocycles. The lowest BCUT2D eigenvalue weighted by Gasteiger charge is -2.17. The van der Waals surface area contributed by atoms with E-state index < -0.39 is 5.97 Å². The molecule has 0 bridgehead atoms. The second kappa shape index (κ2) is 9.50. The predicted molar refractivity (Wildman–Crippen MR) is 81.9 cm³/mol. The highest BCUT2D eigenvalue weighted by atomic mass is 16.4. The van der Waals surface area contributed by atoms with E-state index in [0.29, 0.717) is 0 Å². The van der Waals surface area contributed by atoms with E-state index in [9.17, 15) is 4.79 Å². The quantitative estimate of drug-likeness (QED) is 0.644. The number of carboxylic acids is 1. The Labute approximate surface area is 121 Å². The molecule has 0 aliphatic rings. The summed E-state index contributed by atoms with van der Waals surface area (Å²) in [5.41, 5.74) is 2.05. The number of hydrogen-bond acceptors (Lipinski definition) is 3. The van der Waals surface area contributed by atoms with Crippen LogP contribution in [0.1, 0.15) is 31.4 Å². The van der Waals surface area contributed by atoms with Crippen molar-refractivity contribution in [3.8, 4) is 0 Å². The van der Waals surface area contributed by atoms with Gasteiger partial charge in [0.1, 0.15) is 0 Å². The third-order valence-electron chi connectivity index (χ3n) is 3.43. The molecule has 4 heteroatoms. The number of hydrogen-bond donors (Lipinski definition) is 2. The number of carboxylic acid groups (broad SMARTS) is 1. The Morgan fingerprint density at radius 3 is 2.30 bits per heavy atom. The van der Waals surface area contributed by atoms with E-state index >= 15 is 0 Å². The smallest absolute Gasteiger partial charge is 0.307 e. The minimum Gasteiger partial charge on any atom is -0.481 e. The maximum atomic E-state index is 10.6. The molecule has 0 fully saturated rings. The number of rotatable bonds is 10. The van der Waals surface area contributed by atoms with Crippen LogP contribution in [-0.2, 0) is 17.8 Å². The molecule has 0 spiro atoms. The fraction of sp³-hybridized carbons (Fsp3) is 0.562. The molecule has 20 heavy (non-hydrogen) atoms. The normalized spacial score (nSPS) is 10.9. The van der Waals surface area contributed by atoms with Gasteiger partial charge in [0.2, 0.25) is 0 Å². The van der Waals surface area contributed by atoms with Crippen LogP contribution in [0.15, 0.2) is 24.3 Å². The molecule has 0 saturated carbocycles. The molecule has 1 aromatic rings. The zero-order valence-electron chi connectivity index (χ0n) is 12.6. The Balaban J connectivity index is 2.20. The molecule has 0 amide bonds. The van der Waals surface area contributed by atoms with Crippen LogP contribution in [0, 0.1) is 0 Å². The van der Waals surface area contributed by atoms with Crippen molar-refractivity contribution in [2.45, 2.75) is 33.2 Å². The highest BCUT2D eigenvalue weighted by Gasteiger charge is 2.01. The first kappa shape index (κ1) is 16.7. The van der Waals surface area contributed by atoms with Gasteiger partial charge in [0.25, 0.3) is 0 Å². The van der Waals surface area contributed by atoms with Crippen molar-refractivity contribution in [2.75, 3.05) is 26.2 Å². The summed E-state index contributed by atoms with van der Waals surface area (Å²) in [6, 6.07) is 7.77. The van der Waals surface area contributed by atoms with Crippen LogP contribution in [0.5, 0.6) is 0 Å². The van der Waals surface area contributed by atoms with Crippen molar-refractivity contribution in [2.24, 2.45) is 0 Å². The average molecular weight is 278 g/mol. The molecule has 0 unspecified atom stereocenters. The number of aliphatic carboxylic acids is 1. The minimum absolute atomic E-state index is 0.0948. The maximum Gasteiger partial charge on any atom is 0.307 e. The average Bonchev–Trinajstić information content (AvgIpc) is 2.44. The van der Waals surface area contributed by atoms with Crippen LogP contribution in [0.4, 0.5) is 0 Å². The van der Waals surface area contributed by atoms with Gasteiger partial charge in [0.15, 0.2) is 0 Å². The van der Waals surface area contributed by atoms with Crippen molar-refractivity contribution in [1.82, 2.24) is 10.2 Å². The summed E-state index contributed by atoms with van der Waals surface area (Å²) in [7, 11) is 0. The Morgan fingerprint density at radius 2 is 1.75 bits per heavy atom. The second-order valence-corrected chi connectivity index (χ2v) is 4.94. The fourth-order valence-electron chi connectivity index (χ4n) is 2.15. The number of nitrogens with one attached hydrogen (secondary N) is 1. The van der Waals surface area contributed by atoms with E-state index in [4.69, 9.17) is 5.11 Å². The van der Waals surface area contributed by atoms with E-state index in [0.717, 1.165) is 44.7 Å². The lowest BCUT2D eigenvalue weighted by Crippen LogP contribution is -2.27. The third-order valence-corrected chi connectivity index (χ3v) is 3.43. The van der Waals surface area contributed by atoms with E-state index in [1.54, 1.807) is 0 Å². The first-order valence-electron chi connectivity index (χ1n) is 7.38. The van der Waals surface area contributed by atoms with Crippen LogP contribution in [-0.4, -0.2) is 42.2 Å². The molecule has 4 nitrogen and oxygen atoms in total. The molecule has 112 valence electrons. The van der Waals surface area contributed by atoms with Gasteiger partial charge in [0.05, 0.1) is 6.42 Å². The van der Waals surface area contributed by atoms with Crippen molar-refractivity contribution in [3.05, 3.63) is 35.4 Å². The zero-order valence-corrected chi connectivity index (χ0v) is 12.6. The molecule has 2 N–H and O–H groups in total. The van der Waals surface area contributed by atoms with Crippen LogP contribution >= 0.6 is 0 Å². The molecular weight excluding hydrogens is 252 g/mol. The molecule has 0 heterocycles. The Hall–Kier alpha value is -1.39. The number of carbonyl (C=O) groups is 1. The highest BCUT2D eigenvalue weighted by molar-refractivity contribution is 5.70. The van der Waals surface area contributed by atoms with Crippen LogP contribution < -0.4 is 5.32 Å². The number of nitrogens with zero attached hydrogens (tertiary/aromatic N) is 1. The van der Waals surface area contributed by atoms with Crippen molar-refractivity contribution in [3.63, 3.8) is 0 Å². The van der Waals surface area contributed by atoms with Gasteiger partial charge in [-0.1, -0.05) is 38.1 Å². The minimum atomic E-state index is -0.785. The van der Waals surface area contributed by atoms with E-state index in [1.165, 1.54) is 5.56 Å². The molecule has 0 aliphatic heterocycles. The van der Waals surface area contributed by atoms with Gasteiger partial charge in [-0.25, -0.2) is 0 Å². The molecule has 0 atom stereocenters. The topological polar surface area (TPSA) is 52.6 Å². The summed E-state index contributed by atoms with van der Waals surface area (Å²) >= 11 is 0. The molecule has 0 radical (unpaired) electrons. The van der Waals surface area contributed by atoms with Crippen LogP contribution in [0.2, 0.25) is 0 Å². The molecular formula is C16H26N2O2. The van der Waals surface area contributed by atoms with E-state index in [1.807, 2.05) is 24.3 Å². The molecule has 0 aliphatic carbocycles. The molecule has 0 saturated heterocycles. The predicted octanol–water partition coefficient (Wildman–Crippen LogP) is 2.14. The van der Waals surface area contributed by atoms with Crippen molar-refractivity contribution in [1.29, 1.82) is 0 Å². The summed E-state index contributed by atoms with van der Waals surface area (Å²) in [5, 5.41) is 12.1. The Morgan fingerprint density at radius 1 is 1.15 bits per heavy atom. The monoisotopic (exact) mass is 278 g/mol. The van der Waals surface area contributed by atoms with Crippen molar-refractivity contribution < 1.29 is 9.90 Å². The van der Waals surface area contributed by atoms with Gasteiger partial charge in [-0.3, -0.25) is 4.79 Å². The van der Waals surface area contributed by atoms with E-state index in [2.05, 4.69) is 24.1 Å². The van der Waals surface area contributed by atoms with E-state index in [-0.39, 0.29) is 6.42 Å². The lowest BCUT2D eigenvalue weighted by atomic mass is 10.1. The van der Waals surface area contributed by atoms with Gasteiger partial charge in [-0.05, 0) is 43.7 Å². The third kappa shape index (κ3) is 6.68. The van der Waals surface area contributed by atoms with Crippen LogP contribution in [0.3, 0.4) is 0 Å². The van der Waals surface area contributed by atoms with Gasteiger partial charge in [0, 0.05) is 6.54 Å². The summed E-state index contributed by atoms with van der Waals surface area (Å²) < 4.78 is 0. The Kier molecular flexibility index (Phi) is 7.92. The maximum absolute atomic E-state index is 10.6. The SMILES string of the molecule is CCN(CC)CCCNCc1ccc(CC(=O)O)cc1. The first-order valence-corrected chi connectivity index (χ1v) is 7.38. The van der Waals surface area contributed by atoms with Crippen LogP contribution in [0.25, 0.3) is 0 Å². The largest absolute Gasteiger partial charge is 0.481 e. The number of benzene rings is 1. The summed E-state index contributed by atoms with van der Waals surface area (Å²) in [5.74, 6) is -0.785. The molecule has 1 rings (SSSR count).